The minimum Gasteiger partial charge on any atom is -0.452 e. The highest BCUT2D eigenvalue weighted by Crippen LogP contribution is 2.47. The molecule has 0 heterocycles. The Bertz CT molecular complexity index is 1270. The number of benzene rings is 3. The lowest BCUT2D eigenvalue weighted by Gasteiger charge is -2.52. The zero-order chi connectivity index (χ0) is 28.3. The summed E-state index contributed by atoms with van der Waals surface area (Å²) < 4.78 is 65.6. The molecule has 0 saturated heterocycles. The minimum atomic E-state index is -4.71. The van der Waals surface area contributed by atoms with Crippen molar-refractivity contribution in [2.75, 3.05) is 6.61 Å². The molecule has 39 heavy (non-hydrogen) atoms. The summed E-state index contributed by atoms with van der Waals surface area (Å²) in [5.74, 6) is -1.97. The SMILES string of the molecule is CC(C)(C)[Si](OC1(/C=C(/C(=O)OCC(F)(F)F)c2ccccc2F)CCC1)(c1ccccc1)c1ccccc1. The van der Waals surface area contributed by atoms with Crippen LogP contribution >= 0.6 is 0 Å². The van der Waals surface area contributed by atoms with Gasteiger partial charge in [-0.3, -0.25) is 0 Å². The van der Waals surface area contributed by atoms with Gasteiger partial charge in [-0.05, 0) is 46.8 Å². The van der Waals surface area contributed by atoms with Gasteiger partial charge in [0.1, 0.15) is 5.82 Å². The summed E-state index contributed by atoms with van der Waals surface area (Å²) in [7, 11) is -3.09. The van der Waals surface area contributed by atoms with E-state index in [2.05, 4.69) is 25.5 Å². The van der Waals surface area contributed by atoms with E-state index in [0.29, 0.717) is 12.8 Å². The molecule has 8 heteroatoms. The predicted octanol–water partition coefficient (Wildman–Crippen LogP) is 6.81. The van der Waals surface area contributed by atoms with Gasteiger partial charge in [-0.2, -0.15) is 13.2 Å². The number of hydrogen-bond acceptors (Lipinski definition) is 3. The smallest absolute Gasteiger partial charge is 0.422 e. The highest BCUT2D eigenvalue weighted by Gasteiger charge is 2.55. The molecule has 4 rings (SSSR count). The number of carbonyl (C=O) groups is 1. The molecule has 0 aliphatic heterocycles. The van der Waals surface area contributed by atoms with Crippen LogP contribution in [0, 0.1) is 5.82 Å². The molecule has 0 atom stereocenters. The second-order valence-electron chi connectivity index (χ2n) is 10.9. The zero-order valence-electron chi connectivity index (χ0n) is 22.2. The van der Waals surface area contributed by atoms with Crippen molar-refractivity contribution in [3.8, 4) is 0 Å². The average Bonchev–Trinajstić information content (AvgIpc) is 2.87. The van der Waals surface area contributed by atoms with Crippen molar-refractivity contribution < 1.29 is 31.5 Å². The van der Waals surface area contributed by atoms with Crippen LogP contribution < -0.4 is 10.4 Å². The van der Waals surface area contributed by atoms with E-state index in [-0.39, 0.29) is 16.2 Å². The maximum Gasteiger partial charge on any atom is 0.422 e. The molecule has 3 nitrogen and oxygen atoms in total. The van der Waals surface area contributed by atoms with E-state index in [4.69, 9.17) is 4.43 Å². The molecule has 1 aliphatic rings. The molecular formula is C31H32F4O3Si. The average molecular weight is 557 g/mol. The van der Waals surface area contributed by atoms with Crippen molar-refractivity contribution in [1.82, 2.24) is 0 Å². The molecule has 0 bridgehead atoms. The van der Waals surface area contributed by atoms with Crippen LogP contribution in [-0.4, -0.2) is 32.7 Å². The fraction of sp³-hybridized carbons (Fsp3) is 0.323. The molecule has 0 aromatic heterocycles. The molecule has 1 aliphatic carbocycles. The van der Waals surface area contributed by atoms with Crippen molar-refractivity contribution in [2.24, 2.45) is 0 Å². The van der Waals surface area contributed by atoms with E-state index in [1.165, 1.54) is 24.3 Å². The molecule has 0 spiro atoms. The molecule has 3 aromatic carbocycles. The van der Waals surface area contributed by atoms with E-state index in [1.807, 2.05) is 60.7 Å². The number of alkyl halides is 3. The van der Waals surface area contributed by atoms with Crippen molar-refractivity contribution in [1.29, 1.82) is 0 Å². The Morgan fingerprint density at radius 2 is 1.38 bits per heavy atom. The normalized spacial score (nSPS) is 15.9. The Morgan fingerprint density at radius 1 is 0.872 bits per heavy atom. The summed E-state index contributed by atoms with van der Waals surface area (Å²) in [4.78, 5) is 13.1. The van der Waals surface area contributed by atoms with Crippen molar-refractivity contribution in [3.63, 3.8) is 0 Å². The Morgan fingerprint density at radius 3 is 1.82 bits per heavy atom. The van der Waals surface area contributed by atoms with Gasteiger partial charge in [-0.25, -0.2) is 9.18 Å². The molecule has 1 fully saturated rings. The van der Waals surface area contributed by atoms with Gasteiger partial charge in [0.25, 0.3) is 8.32 Å². The first-order chi connectivity index (χ1) is 18.4. The van der Waals surface area contributed by atoms with Gasteiger partial charge >= 0.3 is 12.1 Å². The van der Waals surface area contributed by atoms with Crippen LogP contribution in [0.1, 0.15) is 45.6 Å². The summed E-state index contributed by atoms with van der Waals surface area (Å²) in [6.45, 7) is 4.58. The lowest BCUT2D eigenvalue weighted by molar-refractivity contribution is -0.182. The molecule has 3 aromatic rings. The summed E-state index contributed by atoms with van der Waals surface area (Å²) in [5.41, 5.74) is -1.39. The lowest BCUT2D eigenvalue weighted by Crippen LogP contribution is -2.70. The Balaban J connectivity index is 1.89. The van der Waals surface area contributed by atoms with E-state index >= 15 is 0 Å². The van der Waals surface area contributed by atoms with Gasteiger partial charge in [0.05, 0.1) is 11.2 Å². The number of halogens is 4. The van der Waals surface area contributed by atoms with Gasteiger partial charge in [-0.15, -0.1) is 0 Å². The number of rotatable bonds is 8. The monoisotopic (exact) mass is 556 g/mol. The Labute approximate surface area is 227 Å². The van der Waals surface area contributed by atoms with Crippen LogP contribution in [0.5, 0.6) is 0 Å². The molecule has 0 unspecified atom stereocenters. The van der Waals surface area contributed by atoms with E-state index < -0.39 is 38.5 Å². The van der Waals surface area contributed by atoms with Gasteiger partial charge in [0.15, 0.2) is 6.61 Å². The largest absolute Gasteiger partial charge is 0.452 e. The van der Waals surface area contributed by atoms with Crippen LogP contribution in [-0.2, 0) is 14.0 Å². The highest BCUT2D eigenvalue weighted by molar-refractivity contribution is 6.99. The predicted molar refractivity (Wildman–Crippen MR) is 147 cm³/mol. The molecule has 206 valence electrons. The van der Waals surface area contributed by atoms with E-state index in [9.17, 15) is 22.4 Å². The highest BCUT2D eigenvalue weighted by atomic mass is 28.4. The molecule has 0 N–H and O–H groups in total. The van der Waals surface area contributed by atoms with Crippen LogP contribution in [0.2, 0.25) is 5.04 Å². The molecular weight excluding hydrogens is 524 g/mol. The maximum atomic E-state index is 14.9. The second kappa shape index (κ2) is 11.1. The third-order valence-electron chi connectivity index (χ3n) is 7.13. The lowest BCUT2D eigenvalue weighted by atomic mass is 9.78. The summed E-state index contributed by atoms with van der Waals surface area (Å²) in [6, 6.07) is 25.4. The van der Waals surface area contributed by atoms with Gasteiger partial charge < -0.3 is 9.16 Å². The van der Waals surface area contributed by atoms with E-state index in [1.54, 1.807) is 0 Å². The summed E-state index contributed by atoms with van der Waals surface area (Å²) in [6.07, 6.45) is -1.36. The number of carbonyl (C=O) groups excluding carboxylic acids is 1. The quantitative estimate of drug-likeness (QED) is 0.132. The van der Waals surface area contributed by atoms with Crippen molar-refractivity contribution >= 4 is 30.2 Å². The zero-order valence-corrected chi connectivity index (χ0v) is 23.2. The first kappa shape index (κ1) is 28.8. The Kier molecular flexibility index (Phi) is 8.19. The molecule has 1 saturated carbocycles. The van der Waals surface area contributed by atoms with Crippen LogP contribution in [0.4, 0.5) is 17.6 Å². The maximum absolute atomic E-state index is 14.9. The van der Waals surface area contributed by atoms with Crippen LogP contribution in [0.25, 0.3) is 5.57 Å². The fourth-order valence-electron chi connectivity index (χ4n) is 5.17. The third-order valence-corrected chi connectivity index (χ3v) is 12.2. The standard InChI is InChI=1S/C31H32F4O3Si/c1-29(2,3)39(23-13-6-4-7-14-23,24-15-8-5-9-16-24)38-30(19-12-20-30)21-26(25-17-10-11-18-27(25)32)28(36)37-22-31(33,34)35/h4-11,13-18,21H,12,19-20,22H2,1-3H3/b26-21+. The third kappa shape index (κ3) is 6.17. The summed E-state index contributed by atoms with van der Waals surface area (Å²) >= 11 is 0. The van der Waals surface area contributed by atoms with Crippen molar-refractivity contribution in [2.45, 2.75) is 56.8 Å². The van der Waals surface area contributed by atoms with Crippen LogP contribution in [0.3, 0.4) is 0 Å². The number of hydrogen-bond donors (Lipinski definition) is 0. The Hall–Kier alpha value is -3.23. The number of ether oxygens (including phenoxy) is 1. The second-order valence-corrected chi connectivity index (χ2v) is 15.1. The first-order valence-corrected chi connectivity index (χ1v) is 14.8. The first-order valence-electron chi connectivity index (χ1n) is 12.9. The van der Waals surface area contributed by atoms with Gasteiger partial charge in [0.2, 0.25) is 0 Å². The molecule has 0 radical (unpaired) electrons. The van der Waals surface area contributed by atoms with Gasteiger partial charge in [0, 0.05) is 5.56 Å². The van der Waals surface area contributed by atoms with Crippen LogP contribution in [0.15, 0.2) is 91.0 Å². The topological polar surface area (TPSA) is 35.5 Å². The van der Waals surface area contributed by atoms with Gasteiger partial charge in [-0.1, -0.05) is 99.6 Å². The van der Waals surface area contributed by atoms with E-state index in [0.717, 1.165) is 22.9 Å². The summed E-state index contributed by atoms with van der Waals surface area (Å²) in [5, 5.41) is 1.67. The molecule has 0 amide bonds. The van der Waals surface area contributed by atoms with Crippen molar-refractivity contribution in [3.05, 3.63) is 102 Å². The minimum absolute atomic E-state index is 0.123. The fourth-order valence-corrected chi connectivity index (χ4v) is 9.97. The number of esters is 1.